The van der Waals surface area contributed by atoms with Crippen LogP contribution in [0.4, 0.5) is 0 Å². The summed E-state index contributed by atoms with van der Waals surface area (Å²) < 4.78 is 6.83. The molecule has 0 aromatic heterocycles. The second-order valence-corrected chi connectivity index (χ2v) is 5.79. The number of ether oxygens (including phenoxy) is 1. The van der Waals surface area contributed by atoms with Crippen LogP contribution in [0.2, 0.25) is 0 Å². The van der Waals surface area contributed by atoms with Crippen molar-refractivity contribution in [2.45, 2.75) is 0 Å². The van der Waals surface area contributed by atoms with Crippen LogP contribution in [0.15, 0.2) is 56.5 Å². The van der Waals surface area contributed by atoms with E-state index in [-0.39, 0.29) is 5.91 Å². The molecule has 2 rings (SSSR count). The van der Waals surface area contributed by atoms with Gasteiger partial charge in [0.15, 0.2) is 0 Å². The van der Waals surface area contributed by atoms with Gasteiger partial charge in [-0.2, -0.15) is 5.10 Å². The van der Waals surface area contributed by atoms with Crippen LogP contribution in [0, 0.1) is 0 Å². The molecule has 2 aromatic carbocycles. The zero-order chi connectivity index (χ0) is 15.2. The fourth-order valence-corrected chi connectivity index (χ4v) is 3.21. The van der Waals surface area contributed by atoms with E-state index in [9.17, 15) is 4.79 Å². The Morgan fingerprint density at radius 1 is 1.19 bits per heavy atom. The minimum atomic E-state index is -0.251. The molecule has 21 heavy (non-hydrogen) atoms. The molecule has 0 saturated heterocycles. The average molecular weight is 412 g/mol. The van der Waals surface area contributed by atoms with Gasteiger partial charge in [0.2, 0.25) is 0 Å². The first-order chi connectivity index (χ1) is 10.1. The van der Waals surface area contributed by atoms with Crippen molar-refractivity contribution in [3.8, 4) is 5.75 Å². The summed E-state index contributed by atoms with van der Waals surface area (Å²) in [5.41, 5.74) is 3.87. The normalized spacial score (nSPS) is 10.6. The van der Waals surface area contributed by atoms with Gasteiger partial charge in [-0.25, -0.2) is 5.43 Å². The topological polar surface area (TPSA) is 50.7 Å². The van der Waals surface area contributed by atoms with Crippen molar-refractivity contribution in [3.63, 3.8) is 0 Å². The lowest BCUT2D eigenvalue weighted by Gasteiger charge is -2.06. The van der Waals surface area contributed by atoms with Crippen molar-refractivity contribution < 1.29 is 9.53 Å². The summed E-state index contributed by atoms with van der Waals surface area (Å²) in [6, 6.07) is 12.6. The number of halogens is 2. The largest absolute Gasteiger partial charge is 0.494 e. The highest BCUT2D eigenvalue weighted by Gasteiger charge is 2.07. The predicted molar refractivity (Wildman–Crippen MR) is 89.9 cm³/mol. The summed E-state index contributed by atoms with van der Waals surface area (Å²) in [6.07, 6.45) is 1.57. The first kappa shape index (κ1) is 15.7. The maximum Gasteiger partial charge on any atom is 0.271 e. The highest BCUT2D eigenvalue weighted by atomic mass is 79.9. The van der Waals surface area contributed by atoms with E-state index in [1.807, 2.05) is 18.2 Å². The number of hydrazone groups is 1. The van der Waals surface area contributed by atoms with Crippen LogP contribution in [0.3, 0.4) is 0 Å². The Kier molecular flexibility index (Phi) is 5.52. The summed E-state index contributed by atoms with van der Waals surface area (Å²) in [4.78, 5) is 11.8. The second-order valence-electron chi connectivity index (χ2n) is 4.08. The molecule has 0 fully saturated rings. The molecule has 2 aromatic rings. The molecule has 0 aliphatic rings. The van der Waals surface area contributed by atoms with Crippen LogP contribution >= 0.6 is 31.9 Å². The van der Waals surface area contributed by atoms with E-state index in [1.165, 1.54) is 0 Å². The van der Waals surface area contributed by atoms with Crippen LogP contribution in [0.1, 0.15) is 15.9 Å². The van der Waals surface area contributed by atoms with Crippen molar-refractivity contribution in [3.05, 3.63) is 62.5 Å². The Morgan fingerprint density at radius 3 is 2.38 bits per heavy atom. The summed E-state index contributed by atoms with van der Waals surface area (Å²) in [5.74, 6) is 0.457. The van der Waals surface area contributed by atoms with Crippen LogP contribution in [-0.4, -0.2) is 19.2 Å². The van der Waals surface area contributed by atoms with Gasteiger partial charge in [-0.05, 0) is 61.7 Å². The number of nitrogens with one attached hydrogen (secondary N) is 1. The standard InChI is InChI=1S/C15H12Br2N2O2/c1-21-14-12(16)7-10(8-13(14)17)9-18-19-15(20)11-5-3-2-4-6-11/h2-9H,1H3,(H,19,20). The quantitative estimate of drug-likeness (QED) is 0.610. The third-order valence-corrected chi connectivity index (χ3v) is 3.82. The first-order valence-electron chi connectivity index (χ1n) is 6.03. The number of amides is 1. The molecule has 0 aliphatic carbocycles. The Hall–Kier alpha value is -1.66. The Labute approximate surface area is 139 Å². The van der Waals surface area contributed by atoms with Gasteiger partial charge in [-0.3, -0.25) is 4.79 Å². The third kappa shape index (κ3) is 4.15. The fourth-order valence-electron chi connectivity index (χ4n) is 1.67. The molecule has 6 heteroatoms. The highest BCUT2D eigenvalue weighted by Crippen LogP contribution is 2.33. The Balaban J connectivity index is 2.07. The number of hydrogen-bond acceptors (Lipinski definition) is 3. The maximum atomic E-state index is 11.8. The van der Waals surface area contributed by atoms with Gasteiger partial charge in [0, 0.05) is 5.56 Å². The van der Waals surface area contributed by atoms with Crippen molar-refractivity contribution in [1.29, 1.82) is 0 Å². The minimum absolute atomic E-state index is 0.251. The van der Waals surface area contributed by atoms with E-state index in [0.717, 1.165) is 14.5 Å². The van der Waals surface area contributed by atoms with Gasteiger partial charge in [0.1, 0.15) is 5.75 Å². The molecule has 4 nitrogen and oxygen atoms in total. The van der Waals surface area contributed by atoms with Gasteiger partial charge in [0.25, 0.3) is 5.91 Å². The lowest BCUT2D eigenvalue weighted by atomic mass is 10.2. The van der Waals surface area contributed by atoms with Crippen molar-refractivity contribution in [1.82, 2.24) is 5.43 Å². The second kappa shape index (κ2) is 7.38. The van der Waals surface area contributed by atoms with E-state index >= 15 is 0 Å². The molecule has 0 radical (unpaired) electrons. The SMILES string of the molecule is COc1c(Br)cc(C=NNC(=O)c2ccccc2)cc1Br. The third-order valence-electron chi connectivity index (χ3n) is 2.64. The molecule has 0 bridgehead atoms. The van der Waals surface area contributed by atoms with Crippen LogP contribution < -0.4 is 10.2 Å². The zero-order valence-corrected chi connectivity index (χ0v) is 14.3. The van der Waals surface area contributed by atoms with Gasteiger partial charge >= 0.3 is 0 Å². The molecule has 0 spiro atoms. The van der Waals surface area contributed by atoms with Crippen molar-refractivity contribution >= 4 is 44.0 Å². The van der Waals surface area contributed by atoms with Gasteiger partial charge < -0.3 is 4.74 Å². The summed E-state index contributed by atoms with van der Waals surface area (Å²) >= 11 is 6.82. The molecule has 0 atom stereocenters. The maximum absolute atomic E-state index is 11.8. The zero-order valence-electron chi connectivity index (χ0n) is 11.1. The Morgan fingerprint density at radius 2 is 1.81 bits per heavy atom. The van der Waals surface area contributed by atoms with E-state index < -0.39 is 0 Å². The highest BCUT2D eigenvalue weighted by molar-refractivity contribution is 9.11. The molecule has 1 amide bonds. The smallest absolute Gasteiger partial charge is 0.271 e. The molecule has 1 N–H and O–H groups in total. The Bertz CT molecular complexity index is 650. The lowest BCUT2D eigenvalue weighted by molar-refractivity contribution is 0.0955. The van der Waals surface area contributed by atoms with E-state index in [4.69, 9.17) is 4.74 Å². The van der Waals surface area contributed by atoms with Crippen molar-refractivity contribution in [2.75, 3.05) is 7.11 Å². The summed E-state index contributed by atoms with van der Waals surface area (Å²) in [5, 5.41) is 3.95. The minimum Gasteiger partial charge on any atom is -0.494 e. The molecule has 0 unspecified atom stereocenters. The monoisotopic (exact) mass is 410 g/mol. The number of nitrogens with zero attached hydrogens (tertiary/aromatic N) is 1. The van der Waals surface area contributed by atoms with Gasteiger partial charge in [0.05, 0.1) is 22.3 Å². The molecule has 108 valence electrons. The van der Waals surface area contributed by atoms with Crippen molar-refractivity contribution in [2.24, 2.45) is 5.10 Å². The van der Waals surface area contributed by atoms with Gasteiger partial charge in [-0.1, -0.05) is 18.2 Å². The number of methoxy groups -OCH3 is 1. The number of hydrogen-bond donors (Lipinski definition) is 1. The van der Waals surface area contributed by atoms with Crippen LogP contribution in [0.5, 0.6) is 5.75 Å². The average Bonchev–Trinajstić information content (AvgIpc) is 2.48. The molecule has 0 saturated carbocycles. The molecular formula is C15H12Br2N2O2. The van der Waals surface area contributed by atoms with Crippen LogP contribution in [-0.2, 0) is 0 Å². The number of rotatable bonds is 4. The van der Waals surface area contributed by atoms with Crippen LogP contribution in [0.25, 0.3) is 0 Å². The molecular weight excluding hydrogens is 400 g/mol. The summed E-state index contributed by atoms with van der Waals surface area (Å²) in [6.45, 7) is 0. The number of carbonyl (C=O) groups excluding carboxylic acids is 1. The number of carbonyl (C=O) groups is 1. The van der Waals surface area contributed by atoms with E-state index in [2.05, 4.69) is 42.4 Å². The fraction of sp³-hybridized carbons (Fsp3) is 0.0667. The predicted octanol–water partition coefficient (Wildman–Crippen LogP) is 3.98. The first-order valence-corrected chi connectivity index (χ1v) is 7.62. The summed E-state index contributed by atoms with van der Waals surface area (Å²) in [7, 11) is 1.60. The van der Waals surface area contributed by atoms with Gasteiger partial charge in [-0.15, -0.1) is 0 Å². The lowest BCUT2D eigenvalue weighted by Crippen LogP contribution is -2.17. The van der Waals surface area contributed by atoms with E-state index in [0.29, 0.717) is 11.3 Å². The number of benzene rings is 2. The van der Waals surface area contributed by atoms with E-state index in [1.54, 1.807) is 37.6 Å². The molecule has 0 heterocycles. The molecule has 0 aliphatic heterocycles.